The molecular weight excluding hydrogens is 448 g/mol. The second kappa shape index (κ2) is 12.4. The second-order valence-electron chi connectivity index (χ2n) is 9.41. The van der Waals surface area contributed by atoms with Crippen LogP contribution in [0, 0.1) is 0 Å². The van der Waals surface area contributed by atoms with Gasteiger partial charge in [-0.2, -0.15) is 0 Å². The standard InChI is InChI=1S/C22H40N4O6S/c1-8-9-12-18(27)24-17(14-32-33(6,7)22(3,4)5)19(28)23-15(2)20(29)26-13-10-11-16(25-26)21(30)31/h8-9,15-17,25H,10-14H2,1-7H3,(H,23,28)(H,24,27)(H,30,31)/b9-8+. The Kier molecular flexibility index (Phi) is 10.9. The van der Waals surface area contributed by atoms with E-state index in [9.17, 15) is 24.3 Å². The van der Waals surface area contributed by atoms with Gasteiger partial charge in [0.2, 0.25) is 11.8 Å². The minimum absolute atomic E-state index is 0.0308. The van der Waals surface area contributed by atoms with Crippen molar-refractivity contribution in [1.29, 1.82) is 0 Å². The number of carbonyl (C=O) groups excluding carboxylic acids is 3. The van der Waals surface area contributed by atoms with Crippen molar-refractivity contribution in [3.63, 3.8) is 0 Å². The molecule has 0 radical (unpaired) electrons. The van der Waals surface area contributed by atoms with Crippen molar-refractivity contribution in [2.45, 2.75) is 76.8 Å². The first kappa shape index (κ1) is 28.9. The average molecular weight is 489 g/mol. The Bertz CT molecular complexity index is 750. The Labute approximate surface area is 198 Å². The SMILES string of the molecule is C/C=C/CC(=O)NC(COS(C)(C)C(C)(C)C)C(=O)NC(C)C(=O)N1CCCC(C(=O)O)N1. The summed E-state index contributed by atoms with van der Waals surface area (Å²) in [6.45, 7) is 9.80. The van der Waals surface area contributed by atoms with Crippen molar-refractivity contribution in [2.24, 2.45) is 0 Å². The molecule has 1 heterocycles. The number of carbonyl (C=O) groups is 4. The Balaban J connectivity index is 2.86. The van der Waals surface area contributed by atoms with Gasteiger partial charge in [-0.3, -0.25) is 24.2 Å². The highest BCUT2D eigenvalue weighted by atomic mass is 32.3. The van der Waals surface area contributed by atoms with Crippen LogP contribution in [-0.2, 0) is 23.4 Å². The Morgan fingerprint density at radius 3 is 2.42 bits per heavy atom. The lowest BCUT2D eigenvalue weighted by Crippen LogP contribution is -2.60. The molecule has 190 valence electrons. The molecule has 3 amide bonds. The zero-order valence-corrected chi connectivity index (χ0v) is 21.6. The molecular formula is C22H40N4O6S. The van der Waals surface area contributed by atoms with Crippen molar-refractivity contribution in [2.75, 3.05) is 25.7 Å². The van der Waals surface area contributed by atoms with E-state index in [1.165, 1.54) is 11.9 Å². The number of amides is 3. The predicted molar refractivity (Wildman–Crippen MR) is 130 cm³/mol. The fraction of sp³-hybridized carbons (Fsp3) is 0.727. The molecule has 33 heavy (non-hydrogen) atoms. The van der Waals surface area contributed by atoms with E-state index < -0.39 is 46.2 Å². The molecule has 0 aliphatic carbocycles. The largest absolute Gasteiger partial charge is 0.480 e. The summed E-state index contributed by atoms with van der Waals surface area (Å²) in [5.74, 6) is -2.36. The molecule has 4 N–H and O–H groups in total. The summed E-state index contributed by atoms with van der Waals surface area (Å²) < 4.78 is 5.97. The number of hydrazine groups is 1. The molecule has 0 aromatic heterocycles. The first-order valence-corrected chi connectivity index (χ1v) is 13.5. The summed E-state index contributed by atoms with van der Waals surface area (Å²) in [5.41, 5.74) is 2.69. The van der Waals surface area contributed by atoms with Crippen molar-refractivity contribution in [3.05, 3.63) is 12.2 Å². The van der Waals surface area contributed by atoms with E-state index in [1.54, 1.807) is 19.1 Å². The molecule has 3 unspecified atom stereocenters. The van der Waals surface area contributed by atoms with Gasteiger partial charge in [-0.25, -0.2) is 5.43 Å². The summed E-state index contributed by atoms with van der Waals surface area (Å²) in [7, 11) is -1.54. The number of nitrogens with zero attached hydrogens (tertiary/aromatic N) is 1. The molecule has 1 saturated heterocycles. The first-order chi connectivity index (χ1) is 15.2. The van der Waals surface area contributed by atoms with Gasteiger partial charge in [-0.05, 0) is 39.2 Å². The number of hydrogen-bond acceptors (Lipinski definition) is 6. The second-order valence-corrected chi connectivity index (χ2v) is 13.3. The van der Waals surface area contributed by atoms with Gasteiger partial charge in [-0.15, -0.1) is 10.3 Å². The van der Waals surface area contributed by atoms with Crippen LogP contribution in [0.25, 0.3) is 0 Å². The quantitative estimate of drug-likeness (QED) is 0.340. The number of aliphatic carboxylic acids is 1. The van der Waals surface area contributed by atoms with Crippen LogP contribution >= 0.6 is 10.3 Å². The zero-order valence-electron chi connectivity index (χ0n) is 20.8. The van der Waals surface area contributed by atoms with Gasteiger partial charge < -0.3 is 19.9 Å². The molecule has 3 atom stereocenters. The number of hydrogen-bond donors (Lipinski definition) is 4. The molecule has 0 aromatic rings. The van der Waals surface area contributed by atoms with Crippen LogP contribution in [0.15, 0.2) is 12.2 Å². The van der Waals surface area contributed by atoms with E-state index in [0.29, 0.717) is 19.4 Å². The van der Waals surface area contributed by atoms with Gasteiger partial charge in [0.15, 0.2) is 0 Å². The highest BCUT2D eigenvalue weighted by Gasteiger charge is 2.34. The number of carboxylic acid groups (broad SMARTS) is 1. The van der Waals surface area contributed by atoms with E-state index in [2.05, 4.69) is 36.8 Å². The molecule has 0 aromatic carbocycles. The maximum Gasteiger partial charge on any atom is 0.322 e. The van der Waals surface area contributed by atoms with Crippen LogP contribution in [0.5, 0.6) is 0 Å². The monoisotopic (exact) mass is 488 g/mol. The Morgan fingerprint density at radius 2 is 1.88 bits per heavy atom. The van der Waals surface area contributed by atoms with Gasteiger partial charge in [0, 0.05) is 17.7 Å². The van der Waals surface area contributed by atoms with E-state index in [1.807, 2.05) is 12.5 Å². The molecule has 0 bridgehead atoms. The van der Waals surface area contributed by atoms with Crippen LogP contribution in [0.1, 0.15) is 53.9 Å². The summed E-state index contributed by atoms with van der Waals surface area (Å²) in [4.78, 5) is 49.3. The number of rotatable bonds is 10. The van der Waals surface area contributed by atoms with Gasteiger partial charge in [-0.1, -0.05) is 32.9 Å². The smallest absolute Gasteiger partial charge is 0.322 e. The van der Waals surface area contributed by atoms with E-state index in [4.69, 9.17) is 4.18 Å². The summed E-state index contributed by atoms with van der Waals surface area (Å²) in [5, 5.41) is 15.8. The average Bonchev–Trinajstić information content (AvgIpc) is 2.73. The highest BCUT2D eigenvalue weighted by Crippen LogP contribution is 2.53. The zero-order chi connectivity index (χ0) is 25.4. The Hall–Kier alpha value is -2.11. The van der Waals surface area contributed by atoms with Gasteiger partial charge in [0.1, 0.15) is 18.1 Å². The summed E-state index contributed by atoms with van der Waals surface area (Å²) in [6, 6.07) is -2.75. The molecule has 0 spiro atoms. The fourth-order valence-corrected chi connectivity index (χ4v) is 3.64. The van der Waals surface area contributed by atoms with E-state index >= 15 is 0 Å². The van der Waals surface area contributed by atoms with Crippen molar-refractivity contribution in [3.8, 4) is 0 Å². The lowest BCUT2D eigenvalue weighted by atomic mass is 10.1. The fourth-order valence-electron chi connectivity index (χ4n) is 2.81. The van der Waals surface area contributed by atoms with Crippen molar-refractivity contribution in [1.82, 2.24) is 21.1 Å². The maximum absolute atomic E-state index is 13.0. The number of allylic oxidation sites excluding steroid dienone is 1. The van der Waals surface area contributed by atoms with E-state index in [0.717, 1.165) is 0 Å². The number of nitrogens with one attached hydrogen (secondary N) is 3. The van der Waals surface area contributed by atoms with Gasteiger partial charge in [0.05, 0.1) is 6.61 Å². The number of carboxylic acids is 1. The predicted octanol–water partition coefficient (Wildman–Crippen LogP) is 1.32. The normalized spacial score (nSPS) is 19.6. The highest BCUT2D eigenvalue weighted by molar-refractivity contribution is 8.29. The summed E-state index contributed by atoms with van der Waals surface area (Å²) in [6.07, 6.45) is 8.51. The van der Waals surface area contributed by atoms with Crippen molar-refractivity contribution >= 4 is 34.0 Å². The summed E-state index contributed by atoms with van der Waals surface area (Å²) >= 11 is 0. The van der Waals surface area contributed by atoms with Crippen LogP contribution in [0.2, 0.25) is 0 Å². The third-order valence-electron chi connectivity index (χ3n) is 5.67. The minimum atomic E-state index is -1.54. The maximum atomic E-state index is 13.0. The molecule has 1 aliphatic heterocycles. The van der Waals surface area contributed by atoms with Gasteiger partial charge in [0.25, 0.3) is 5.91 Å². The molecule has 1 aliphatic rings. The van der Waals surface area contributed by atoms with Crippen LogP contribution in [0.4, 0.5) is 0 Å². The minimum Gasteiger partial charge on any atom is -0.480 e. The molecule has 1 rings (SSSR count). The molecule has 11 heteroatoms. The molecule has 0 saturated carbocycles. The third-order valence-corrected chi connectivity index (χ3v) is 9.35. The van der Waals surface area contributed by atoms with Crippen LogP contribution < -0.4 is 16.1 Å². The third kappa shape index (κ3) is 8.98. The first-order valence-electron chi connectivity index (χ1n) is 11.1. The van der Waals surface area contributed by atoms with Crippen LogP contribution in [-0.4, -0.2) is 82.3 Å². The Morgan fingerprint density at radius 1 is 1.24 bits per heavy atom. The lowest BCUT2D eigenvalue weighted by molar-refractivity contribution is -0.148. The molecule has 1 fully saturated rings. The van der Waals surface area contributed by atoms with Crippen molar-refractivity contribution < 1.29 is 28.5 Å². The lowest BCUT2D eigenvalue weighted by Gasteiger charge is -2.44. The molecule has 10 nitrogen and oxygen atoms in total. The van der Waals surface area contributed by atoms with Gasteiger partial charge >= 0.3 is 5.97 Å². The topological polar surface area (TPSA) is 137 Å². The van der Waals surface area contributed by atoms with Crippen LogP contribution in [0.3, 0.4) is 0 Å². The van der Waals surface area contributed by atoms with E-state index in [-0.39, 0.29) is 23.7 Å².